The van der Waals surface area contributed by atoms with Crippen molar-refractivity contribution in [1.29, 1.82) is 0 Å². The van der Waals surface area contributed by atoms with Crippen LogP contribution in [0.1, 0.15) is 49.8 Å². The van der Waals surface area contributed by atoms with Crippen molar-refractivity contribution >= 4 is 5.91 Å². The number of carbonyl (C=O) groups is 1. The Morgan fingerprint density at radius 3 is 2.86 bits per heavy atom. The predicted octanol–water partition coefficient (Wildman–Crippen LogP) is 3.05. The van der Waals surface area contributed by atoms with Gasteiger partial charge in [0.2, 0.25) is 5.91 Å². The monoisotopic (exact) mass is 286 g/mol. The highest BCUT2D eigenvalue weighted by molar-refractivity contribution is 5.80. The summed E-state index contributed by atoms with van der Waals surface area (Å²) in [5.74, 6) is 0.597. The van der Waals surface area contributed by atoms with Gasteiger partial charge in [0.15, 0.2) is 0 Å². The molecule has 2 fully saturated rings. The highest BCUT2D eigenvalue weighted by Gasteiger charge is 2.35. The molecule has 2 aliphatic rings. The minimum absolute atomic E-state index is 0.214. The SMILES string of the molecule is Cc1ccccc1C1CCCN1C(=O)[C@H]1CCN[C@@H](C)C1. The summed E-state index contributed by atoms with van der Waals surface area (Å²) in [6.45, 7) is 6.24. The van der Waals surface area contributed by atoms with Gasteiger partial charge in [-0.2, -0.15) is 0 Å². The molecule has 1 aromatic rings. The predicted molar refractivity (Wildman–Crippen MR) is 85.1 cm³/mol. The number of piperidine rings is 1. The molecule has 3 atom stereocenters. The van der Waals surface area contributed by atoms with E-state index in [2.05, 4.69) is 48.3 Å². The largest absolute Gasteiger partial charge is 0.335 e. The Kier molecular flexibility index (Phi) is 4.29. The fourth-order valence-corrected chi connectivity index (χ4v) is 3.91. The van der Waals surface area contributed by atoms with Gasteiger partial charge in [0, 0.05) is 18.5 Å². The van der Waals surface area contributed by atoms with Gasteiger partial charge >= 0.3 is 0 Å². The van der Waals surface area contributed by atoms with Crippen LogP contribution in [0.4, 0.5) is 0 Å². The van der Waals surface area contributed by atoms with Crippen LogP contribution in [0.15, 0.2) is 24.3 Å². The van der Waals surface area contributed by atoms with Crippen LogP contribution in [-0.4, -0.2) is 29.9 Å². The summed E-state index contributed by atoms with van der Waals surface area (Å²) in [5.41, 5.74) is 2.64. The fourth-order valence-electron chi connectivity index (χ4n) is 3.91. The lowest BCUT2D eigenvalue weighted by atomic mass is 9.91. The highest BCUT2D eigenvalue weighted by atomic mass is 16.2. The Labute approximate surface area is 127 Å². The van der Waals surface area contributed by atoms with Crippen molar-refractivity contribution in [3.8, 4) is 0 Å². The third-order valence-electron chi connectivity index (χ3n) is 5.06. The number of likely N-dealkylation sites (tertiary alicyclic amines) is 1. The molecule has 1 N–H and O–H groups in total. The van der Waals surface area contributed by atoms with E-state index in [9.17, 15) is 4.79 Å². The molecule has 0 aromatic heterocycles. The maximum atomic E-state index is 12.9. The molecule has 2 heterocycles. The molecule has 0 radical (unpaired) electrons. The zero-order chi connectivity index (χ0) is 14.8. The molecule has 1 amide bonds. The first-order valence-electron chi connectivity index (χ1n) is 8.26. The number of hydrogen-bond donors (Lipinski definition) is 1. The van der Waals surface area contributed by atoms with Gasteiger partial charge in [-0.1, -0.05) is 24.3 Å². The Hall–Kier alpha value is -1.35. The molecule has 2 aliphatic heterocycles. The Bertz CT molecular complexity index is 514. The van der Waals surface area contributed by atoms with E-state index < -0.39 is 0 Å². The average molecular weight is 286 g/mol. The maximum absolute atomic E-state index is 12.9. The second-order valence-corrected chi connectivity index (χ2v) is 6.62. The van der Waals surface area contributed by atoms with Crippen LogP contribution in [-0.2, 0) is 4.79 Å². The van der Waals surface area contributed by atoms with Crippen molar-refractivity contribution in [3.05, 3.63) is 35.4 Å². The van der Waals surface area contributed by atoms with Gasteiger partial charge in [-0.25, -0.2) is 0 Å². The van der Waals surface area contributed by atoms with Crippen molar-refractivity contribution < 1.29 is 4.79 Å². The van der Waals surface area contributed by atoms with Crippen LogP contribution in [0, 0.1) is 12.8 Å². The van der Waals surface area contributed by atoms with Gasteiger partial charge in [0.1, 0.15) is 0 Å². The molecule has 1 unspecified atom stereocenters. The van der Waals surface area contributed by atoms with Gasteiger partial charge < -0.3 is 10.2 Å². The first-order valence-corrected chi connectivity index (χ1v) is 8.26. The summed E-state index contributed by atoms with van der Waals surface area (Å²) in [6, 6.07) is 9.28. The average Bonchev–Trinajstić information content (AvgIpc) is 2.96. The van der Waals surface area contributed by atoms with Gasteiger partial charge in [-0.05, 0) is 57.2 Å². The normalized spacial score (nSPS) is 29.6. The quantitative estimate of drug-likeness (QED) is 0.906. The molecule has 3 heteroatoms. The number of aryl methyl sites for hydroxylation is 1. The molecule has 1 aromatic carbocycles. The molecule has 21 heavy (non-hydrogen) atoms. The number of nitrogens with one attached hydrogen (secondary N) is 1. The molecule has 3 rings (SSSR count). The molecule has 0 saturated carbocycles. The molecule has 0 spiro atoms. The van der Waals surface area contributed by atoms with Crippen molar-refractivity contribution in [1.82, 2.24) is 10.2 Å². The number of benzene rings is 1. The van der Waals surface area contributed by atoms with Crippen molar-refractivity contribution in [2.45, 2.75) is 51.6 Å². The first-order chi connectivity index (χ1) is 10.2. The van der Waals surface area contributed by atoms with Gasteiger partial charge in [0.05, 0.1) is 6.04 Å². The van der Waals surface area contributed by atoms with E-state index in [0.717, 1.165) is 38.8 Å². The van der Waals surface area contributed by atoms with Crippen LogP contribution in [0.25, 0.3) is 0 Å². The van der Waals surface area contributed by atoms with E-state index in [1.807, 2.05) is 0 Å². The zero-order valence-electron chi connectivity index (χ0n) is 13.1. The minimum atomic E-state index is 0.214. The van der Waals surface area contributed by atoms with E-state index >= 15 is 0 Å². The fraction of sp³-hybridized carbons (Fsp3) is 0.611. The number of carbonyl (C=O) groups excluding carboxylic acids is 1. The lowest BCUT2D eigenvalue weighted by molar-refractivity contribution is -0.137. The van der Waals surface area contributed by atoms with Gasteiger partial charge in [0.25, 0.3) is 0 Å². The van der Waals surface area contributed by atoms with E-state index in [4.69, 9.17) is 0 Å². The molecular weight excluding hydrogens is 260 g/mol. The first kappa shape index (κ1) is 14.6. The summed E-state index contributed by atoms with van der Waals surface area (Å²) in [6.07, 6.45) is 4.21. The van der Waals surface area contributed by atoms with Crippen molar-refractivity contribution in [2.24, 2.45) is 5.92 Å². The third kappa shape index (κ3) is 2.98. The summed E-state index contributed by atoms with van der Waals surface area (Å²) >= 11 is 0. The van der Waals surface area contributed by atoms with E-state index in [1.165, 1.54) is 11.1 Å². The maximum Gasteiger partial charge on any atom is 0.226 e. The Morgan fingerprint density at radius 1 is 1.29 bits per heavy atom. The van der Waals surface area contributed by atoms with E-state index in [0.29, 0.717) is 18.0 Å². The standard InChI is InChI=1S/C18H26N2O/c1-13-6-3-4-7-16(13)17-8-5-11-20(17)18(21)15-9-10-19-14(2)12-15/h3-4,6-7,14-15,17,19H,5,8-12H2,1-2H3/t14-,15-,17?/m0/s1. The van der Waals surface area contributed by atoms with Crippen LogP contribution >= 0.6 is 0 Å². The topological polar surface area (TPSA) is 32.3 Å². The molecule has 0 aliphatic carbocycles. The number of amides is 1. The molecular formula is C18H26N2O. The zero-order valence-corrected chi connectivity index (χ0v) is 13.1. The summed E-state index contributed by atoms with van der Waals surface area (Å²) in [7, 11) is 0. The second kappa shape index (κ2) is 6.18. The van der Waals surface area contributed by atoms with Gasteiger partial charge in [-0.15, -0.1) is 0 Å². The Balaban J connectivity index is 1.77. The summed E-state index contributed by atoms with van der Waals surface area (Å²) in [4.78, 5) is 15.1. The van der Waals surface area contributed by atoms with Crippen molar-refractivity contribution in [3.63, 3.8) is 0 Å². The lowest BCUT2D eigenvalue weighted by Gasteiger charge is -2.33. The van der Waals surface area contributed by atoms with Crippen molar-refractivity contribution in [2.75, 3.05) is 13.1 Å². The lowest BCUT2D eigenvalue weighted by Crippen LogP contribution is -2.44. The van der Waals surface area contributed by atoms with Gasteiger partial charge in [-0.3, -0.25) is 4.79 Å². The molecule has 3 nitrogen and oxygen atoms in total. The molecule has 0 bridgehead atoms. The molecule has 2 saturated heterocycles. The van der Waals surface area contributed by atoms with Crippen LogP contribution in [0.2, 0.25) is 0 Å². The molecule has 114 valence electrons. The third-order valence-corrected chi connectivity index (χ3v) is 5.06. The highest BCUT2D eigenvalue weighted by Crippen LogP contribution is 2.35. The number of nitrogens with zero attached hydrogens (tertiary/aromatic N) is 1. The summed E-state index contributed by atoms with van der Waals surface area (Å²) in [5, 5.41) is 3.44. The van der Waals surface area contributed by atoms with Crippen LogP contribution in [0.5, 0.6) is 0 Å². The number of hydrogen-bond acceptors (Lipinski definition) is 2. The summed E-state index contributed by atoms with van der Waals surface area (Å²) < 4.78 is 0. The second-order valence-electron chi connectivity index (χ2n) is 6.62. The van der Waals surface area contributed by atoms with E-state index in [1.54, 1.807) is 0 Å². The van der Waals surface area contributed by atoms with E-state index in [-0.39, 0.29) is 5.92 Å². The number of rotatable bonds is 2. The van der Waals surface area contributed by atoms with Crippen LogP contribution in [0.3, 0.4) is 0 Å². The Morgan fingerprint density at radius 2 is 2.10 bits per heavy atom. The minimum Gasteiger partial charge on any atom is -0.335 e. The smallest absolute Gasteiger partial charge is 0.226 e. The van der Waals surface area contributed by atoms with Crippen LogP contribution < -0.4 is 5.32 Å².